The van der Waals surface area contributed by atoms with Gasteiger partial charge in [0.15, 0.2) is 11.4 Å². The number of ether oxygens (including phenoxy) is 2. The number of piperidine rings is 1. The lowest BCUT2D eigenvalue weighted by atomic mass is 9.68. The molecule has 9 heteroatoms. The van der Waals surface area contributed by atoms with E-state index in [-0.39, 0.29) is 5.41 Å². The fraction of sp³-hybridized carbons (Fsp3) is 0.276. The number of likely N-dealkylation sites (tertiary alicyclic amines) is 1. The second kappa shape index (κ2) is 9.83. The first-order chi connectivity index (χ1) is 18.6. The van der Waals surface area contributed by atoms with Crippen LogP contribution >= 0.6 is 0 Å². The van der Waals surface area contributed by atoms with Crippen LogP contribution < -0.4 is 15.2 Å². The average Bonchev–Trinajstić information content (AvgIpc) is 3.67. The molecule has 3 aromatic heterocycles. The third-order valence-corrected chi connectivity index (χ3v) is 7.59. The van der Waals surface area contributed by atoms with E-state index in [4.69, 9.17) is 24.6 Å². The lowest BCUT2D eigenvalue weighted by molar-refractivity contribution is 0.172. The van der Waals surface area contributed by atoms with E-state index < -0.39 is 0 Å². The molecule has 2 N–H and O–H groups in total. The summed E-state index contributed by atoms with van der Waals surface area (Å²) >= 11 is 0. The van der Waals surface area contributed by atoms with Crippen LogP contribution in [-0.4, -0.2) is 51.8 Å². The molecule has 9 nitrogen and oxygen atoms in total. The van der Waals surface area contributed by atoms with Crippen LogP contribution in [0.25, 0.3) is 17.2 Å². The minimum Gasteiger partial charge on any atom is -0.497 e. The number of rotatable bonds is 7. The van der Waals surface area contributed by atoms with Crippen LogP contribution in [0, 0.1) is 0 Å². The van der Waals surface area contributed by atoms with Gasteiger partial charge in [-0.25, -0.2) is 9.97 Å². The van der Waals surface area contributed by atoms with Crippen LogP contribution in [0.5, 0.6) is 11.5 Å². The van der Waals surface area contributed by atoms with Crippen molar-refractivity contribution in [3.63, 3.8) is 0 Å². The topological polar surface area (TPSA) is 104 Å². The summed E-state index contributed by atoms with van der Waals surface area (Å²) < 4.78 is 17.9. The van der Waals surface area contributed by atoms with Gasteiger partial charge < -0.3 is 19.6 Å². The first-order valence-corrected chi connectivity index (χ1v) is 12.6. The Hall–Kier alpha value is -4.37. The molecule has 1 aliphatic rings. The Morgan fingerprint density at radius 2 is 1.55 bits per heavy atom. The first kappa shape index (κ1) is 24.0. The molecule has 1 saturated heterocycles. The summed E-state index contributed by atoms with van der Waals surface area (Å²) in [6.07, 6.45) is 5.35. The molecule has 0 bridgehead atoms. The Bertz CT molecular complexity index is 1470. The molecule has 2 aromatic carbocycles. The lowest BCUT2D eigenvalue weighted by Crippen LogP contribution is -2.43. The number of aromatic nitrogens is 4. The molecular formula is C29H30N6O3. The fourth-order valence-corrected chi connectivity index (χ4v) is 5.46. The van der Waals surface area contributed by atoms with Crippen molar-refractivity contribution in [1.29, 1.82) is 0 Å². The van der Waals surface area contributed by atoms with Crippen LogP contribution in [0.4, 0.5) is 5.95 Å². The van der Waals surface area contributed by atoms with Gasteiger partial charge in [-0.2, -0.15) is 4.52 Å². The number of hydrogen-bond donors (Lipinski definition) is 1. The Labute approximate surface area is 220 Å². The second-order valence-corrected chi connectivity index (χ2v) is 9.61. The molecule has 0 atom stereocenters. The normalized spacial score (nSPS) is 15.5. The molecular weight excluding hydrogens is 480 g/mol. The van der Waals surface area contributed by atoms with Crippen molar-refractivity contribution in [2.45, 2.75) is 24.8 Å². The summed E-state index contributed by atoms with van der Waals surface area (Å²) in [7, 11) is 3.39. The minimum absolute atomic E-state index is 0.106. The standard InChI is InChI=1S/C29H30N6O3/c1-36-23-9-5-21(6-10-23)29(22-7-11-24(37-2)12-8-22)13-15-34(16-14-29)19-20-18-31-28(30)35-27(20)32-26(33-35)25-4-3-17-38-25/h3-12,17-18H,13-16,19H2,1-2H3,(H2,30,31). The summed E-state index contributed by atoms with van der Waals surface area (Å²) in [6.45, 7) is 2.52. The van der Waals surface area contributed by atoms with Gasteiger partial charge in [0.05, 0.1) is 20.5 Å². The van der Waals surface area contributed by atoms with E-state index >= 15 is 0 Å². The van der Waals surface area contributed by atoms with E-state index in [1.165, 1.54) is 11.1 Å². The van der Waals surface area contributed by atoms with Crippen molar-refractivity contribution in [2.24, 2.45) is 0 Å². The predicted octanol–water partition coefficient (Wildman–Crippen LogP) is 4.57. The zero-order valence-corrected chi connectivity index (χ0v) is 21.5. The van der Waals surface area contributed by atoms with Crippen LogP contribution in [0.1, 0.15) is 29.5 Å². The molecule has 4 heterocycles. The molecule has 38 heavy (non-hydrogen) atoms. The quantitative estimate of drug-likeness (QED) is 0.340. The summed E-state index contributed by atoms with van der Waals surface area (Å²) in [5, 5.41) is 4.52. The maximum Gasteiger partial charge on any atom is 0.223 e. The Morgan fingerprint density at radius 3 is 2.11 bits per heavy atom. The van der Waals surface area contributed by atoms with Crippen LogP contribution in [0.15, 0.2) is 77.5 Å². The number of furan rings is 1. The van der Waals surface area contributed by atoms with Gasteiger partial charge in [-0.1, -0.05) is 24.3 Å². The van der Waals surface area contributed by atoms with Crippen LogP contribution in [0.2, 0.25) is 0 Å². The van der Waals surface area contributed by atoms with E-state index in [2.05, 4.69) is 39.2 Å². The third kappa shape index (κ3) is 4.24. The highest BCUT2D eigenvalue weighted by Gasteiger charge is 2.38. The van der Waals surface area contributed by atoms with Crippen molar-refractivity contribution >= 4 is 11.6 Å². The lowest BCUT2D eigenvalue weighted by Gasteiger charge is -2.43. The van der Waals surface area contributed by atoms with Crippen LogP contribution in [0.3, 0.4) is 0 Å². The van der Waals surface area contributed by atoms with Crippen molar-refractivity contribution in [3.8, 4) is 23.1 Å². The average molecular weight is 511 g/mol. The molecule has 0 saturated carbocycles. The largest absolute Gasteiger partial charge is 0.497 e. The molecule has 6 rings (SSSR count). The number of nitrogens with zero attached hydrogens (tertiary/aromatic N) is 5. The zero-order chi connectivity index (χ0) is 26.1. The van der Waals surface area contributed by atoms with Crippen LogP contribution in [-0.2, 0) is 12.0 Å². The number of fused-ring (bicyclic) bond motifs is 1. The number of methoxy groups -OCH3 is 2. The van der Waals surface area contributed by atoms with Gasteiger partial charge in [0.25, 0.3) is 0 Å². The molecule has 1 aliphatic heterocycles. The van der Waals surface area contributed by atoms with Crippen molar-refractivity contribution in [2.75, 3.05) is 33.0 Å². The first-order valence-electron chi connectivity index (χ1n) is 12.6. The molecule has 0 aliphatic carbocycles. The Balaban J connectivity index is 1.28. The highest BCUT2D eigenvalue weighted by atomic mass is 16.5. The van der Waals surface area contributed by atoms with Gasteiger partial charge in [-0.05, 0) is 73.5 Å². The number of hydrogen-bond acceptors (Lipinski definition) is 8. The zero-order valence-electron chi connectivity index (χ0n) is 21.5. The van der Waals surface area contributed by atoms with Crippen molar-refractivity contribution < 1.29 is 13.9 Å². The summed E-state index contributed by atoms with van der Waals surface area (Å²) in [6, 6.07) is 20.6. The highest BCUT2D eigenvalue weighted by molar-refractivity contribution is 5.57. The van der Waals surface area contributed by atoms with E-state index in [0.717, 1.165) is 43.0 Å². The SMILES string of the molecule is COc1ccc(C2(c3ccc(OC)cc3)CCN(Cc3cnc(N)n4nc(-c5ccco5)nc34)CC2)cc1. The van der Waals surface area contributed by atoms with E-state index in [0.29, 0.717) is 29.7 Å². The molecule has 0 amide bonds. The smallest absolute Gasteiger partial charge is 0.223 e. The van der Waals surface area contributed by atoms with Gasteiger partial charge in [0.2, 0.25) is 11.8 Å². The van der Waals surface area contributed by atoms with Crippen molar-refractivity contribution in [3.05, 3.63) is 89.8 Å². The Kier molecular flexibility index (Phi) is 6.21. The maximum atomic E-state index is 6.12. The van der Waals surface area contributed by atoms with Gasteiger partial charge in [-0.3, -0.25) is 4.90 Å². The molecule has 1 fully saturated rings. The van der Waals surface area contributed by atoms with Crippen molar-refractivity contribution in [1.82, 2.24) is 24.5 Å². The van der Waals surface area contributed by atoms with E-state index in [1.807, 2.05) is 36.4 Å². The van der Waals surface area contributed by atoms with Gasteiger partial charge in [-0.15, -0.1) is 5.10 Å². The summed E-state index contributed by atoms with van der Waals surface area (Å²) in [5.41, 5.74) is 10.3. The second-order valence-electron chi connectivity index (χ2n) is 9.61. The number of nitrogen functional groups attached to an aromatic ring is 1. The van der Waals surface area contributed by atoms with Gasteiger partial charge in [0.1, 0.15) is 11.5 Å². The number of benzene rings is 2. The summed E-state index contributed by atoms with van der Waals surface area (Å²) in [4.78, 5) is 11.6. The van der Waals surface area contributed by atoms with Gasteiger partial charge >= 0.3 is 0 Å². The predicted molar refractivity (Wildman–Crippen MR) is 144 cm³/mol. The monoisotopic (exact) mass is 510 g/mol. The molecule has 0 spiro atoms. The summed E-state index contributed by atoms with van der Waals surface area (Å²) in [5.74, 6) is 3.11. The molecule has 0 unspecified atom stereocenters. The molecule has 194 valence electrons. The van der Waals surface area contributed by atoms with E-state index in [1.54, 1.807) is 31.2 Å². The molecule has 0 radical (unpaired) electrons. The highest BCUT2D eigenvalue weighted by Crippen LogP contribution is 2.43. The Morgan fingerprint density at radius 1 is 0.921 bits per heavy atom. The maximum absolute atomic E-state index is 6.12. The number of nitrogens with two attached hydrogens (primary N) is 1. The third-order valence-electron chi connectivity index (χ3n) is 7.59. The van der Waals surface area contributed by atoms with E-state index in [9.17, 15) is 0 Å². The van der Waals surface area contributed by atoms with Gasteiger partial charge in [0, 0.05) is 23.7 Å². The minimum atomic E-state index is -0.106. The fourth-order valence-electron chi connectivity index (χ4n) is 5.46. The molecule has 5 aromatic rings. The number of anilines is 1.